The third kappa shape index (κ3) is 5.83. The topological polar surface area (TPSA) is 4.44 Å². The van der Waals surface area contributed by atoms with Crippen LogP contribution in [0.1, 0.15) is 12.8 Å². The summed E-state index contributed by atoms with van der Waals surface area (Å²) in [4.78, 5) is 1.52. The van der Waals surface area contributed by atoms with Gasteiger partial charge in [-0.25, -0.2) is 0 Å². The van der Waals surface area contributed by atoms with E-state index in [0.717, 1.165) is 6.42 Å². The monoisotopic (exact) mass is 101 g/mol. The molecule has 0 aromatic rings. The molecule has 0 aromatic carbocycles. The first-order chi connectivity index (χ1) is 3.27. The van der Waals surface area contributed by atoms with Gasteiger partial charge in [0.2, 0.25) is 0 Å². The van der Waals surface area contributed by atoms with Crippen molar-refractivity contribution in [2.75, 3.05) is 20.6 Å². The first-order valence-corrected chi connectivity index (χ1v) is 2.85. The first kappa shape index (κ1) is 6.83. The highest BCUT2D eigenvalue weighted by Crippen LogP contribution is 1.76. The van der Waals surface area contributed by atoms with Crippen molar-refractivity contribution in [3.8, 4) is 0 Å². The summed E-state index contributed by atoms with van der Waals surface area (Å²) in [6, 6.07) is 0. The lowest BCUT2D eigenvalue weighted by atomic mass is 10.3. The summed E-state index contributed by atoms with van der Waals surface area (Å²) < 4.78 is 0. The highest BCUT2D eigenvalue weighted by molar-refractivity contribution is 4.35. The number of hydrogen-bond acceptors (Lipinski definition) is 0. The van der Waals surface area contributed by atoms with Gasteiger partial charge in [0.25, 0.3) is 0 Å². The Morgan fingerprint density at radius 2 is 2.00 bits per heavy atom. The van der Waals surface area contributed by atoms with Crippen LogP contribution in [0.15, 0.2) is 0 Å². The van der Waals surface area contributed by atoms with E-state index < -0.39 is 0 Å². The standard InChI is InChI=1S/C6H14N/c1-4-5-6-7(2)3/h1,4-6H2,2-3H3/q+1/p+1. The summed E-state index contributed by atoms with van der Waals surface area (Å²) in [7, 11) is 4.32. The van der Waals surface area contributed by atoms with E-state index in [4.69, 9.17) is 0 Å². The van der Waals surface area contributed by atoms with Crippen molar-refractivity contribution in [2.24, 2.45) is 0 Å². The van der Waals surface area contributed by atoms with Crippen molar-refractivity contribution < 1.29 is 4.90 Å². The van der Waals surface area contributed by atoms with Crippen molar-refractivity contribution in [3.05, 3.63) is 6.92 Å². The smallest absolute Gasteiger partial charge is 0.0904 e. The Labute approximate surface area is 46.3 Å². The molecule has 0 aliphatic heterocycles. The van der Waals surface area contributed by atoms with Crippen molar-refractivity contribution in [2.45, 2.75) is 12.8 Å². The van der Waals surface area contributed by atoms with Gasteiger partial charge in [-0.05, 0) is 0 Å². The van der Waals surface area contributed by atoms with Crippen LogP contribution in [0.25, 0.3) is 0 Å². The van der Waals surface area contributed by atoms with E-state index in [9.17, 15) is 0 Å². The molecule has 0 aromatic heterocycles. The molecular formula is C6H15N+2. The Bertz CT molecular complexity index is 33.2. The fourth-order valence-electron chi connectivity index (χ4n) is 0.479. The van der Waals surface area contributed by atoms with Crippen LogP contribution in [0.3, 0.4) is 0 Å². The zero-order valence-corrected chi connectivity index (χ0v) is 5.33. The van der Waals surface area contributed by atoms with Crippen LogP contribution < -0.4 is 4.90 Å². The minimum atomic E-state index is 1.07. The van der Waals surface area contributed by atoms with Crippen LogP contribution in [-0.4, -0.2) is 20.6 Å². The average molecular weight is 101 g/mol. The molecule has 7 heavy (non-hydrogen) atoms. The molecule has 1 N–H and O–H groups in total. The van der Waals surface area contributed by atoms with Crippen LogP contribution in [0, 0.1) is 6.92 Å². The molecule has 0 saturated heterocycles. The molecule has 0 radical (unpaired) electrons. The van der Waals surface area contributed by atoms with E-state index in [1.54, 1.807) is 0 Å². The normalized spacial score (nSPS) is 10.1. The molecule has 0 fully saturated rings. The molecule has 0 heterocycles. The average Bonchev–Trinajstić information content (AvgIpc) is 1.61. The molecule has 0 saturated carbocycles. The minimum Gasteiger partial charge on any atom is -0.340 e. The molecule has 0 aliphatic carbocycles. The predicted molar refractivity (Wildman–Crippen MR) is 32.3 cm³/mol. The molecule has 0 amide bonds. The third-order valence-corrected chi connectivity index (χ3v) is 0.927. The Balaban J connectivity index is 2.68. The lowest BCUT2D eigenvalue weighted by Gasteiger charge is -2.01. The van der Waals surface area contributed by atoms with E-state index in [2.05, 4.69) is 21.0 Å². The van der Waals surface area contributed by atoms with Gasteiger partial charge in [-0.2, -0.15) is 0 Å². The van der Waals surface area contributed by atoms with Gasteiger partial charge in [0.05, 0.1) is 34.0 Å². The van der Waals surface area contributed by atoms with Crippen LogP contribution >= 0.6 is 0 Å². The Kier molecular flexibility index (Phi) is 3.90. The maximum absolute atomic E-state index is 3.74. The van der Waals surface area contributed by atoms with E-state index in [0.29, 0.717) is 0 Å². The summed E-state index contributed by atoms with van der Waals surface area (Å²) in [6.07, 6.45) is 2.33. The van der Waals surface area contributed by atoms with Crippen molar-refractivity contribution in [1.82, 2.24) is 0 Å². The van der Waals surface area contributed by atoms with Gasteiger partial charge < -0.3 is 4.90 Å². The second kappa shape index (κ2) is 4.00. The summed E-state index contributed by atoms with van der Waals surface area (Å²) in [5.74, 6) is 0. The molecule has 1 nitrogen and oxygen atoms in total. The van der Waals surface area contributed by atoms with Gasteiger partial charge in [-0.3, -0.25) is 0 Å². The van der Waals surface area contributed by atoms with Gasteiger partial charge in [-0.15, -0.1) is 0 Å². The number of quaternary nitrogens is 1. The van der Waals surface area contributed by atoms with E-state index in [1.807, 2.05) is 0 Å². The molecule has 0 rings (SSSR count). The zero-order chi connectivity index (χ0) is 5.70. The largest absolute Gasteiger partial charge is 0.340 e. The summed E-state index contributed by atoms with van der Waals surface area (Å²) in [5.41, 5.74) is 0. The number of nitrogens with one attached hydrogen (secondary N) is 1. The van der Waals surface area contributed by atoms with Crippen LogP contribution in [-0.2, 0) is 0 Å². The second-order valence-electron chi connectivity index (χ2n) is 2.16. The molecule has 0 aliphatic rings. The number of unbranched alkanes of at least 4 members (excludes halogenated alkanes) is 1. The quantitative estimate of drug-likeness (QED) is 0.467. The molecule has 0 bridgehead atoms. The van der Waals surface area contributed by atoms with Gasteiger partial charge in [0, 0.05) is 6.42 Å². The van der Waals surface area contributed by atoms with Gasteiger partial charge in [0.15, 0.2) is 0 Å². The molecule has 1 heteroatoms. The zero-order valence-electron chi connectivity index (χ0n) is 5.33. The van der Waals surface area contributed by atoms with Crippen molar-refractivity contribution in [1.29, 1.82) is 0 Å². The number of rotatable bonds is 3. The lowest BCUT2D eigenvalue weighted by Crippen LogP contribution is -3.05. The van der Waals surface area contributed by atoms with Crippen molar-refractivity contribution >= 4 is 0 Å². The Morgan fingerprint density at radius 3 is 2.14 bits per heavy atom. The van der Waals surface area contributed by atoms with Gasteiger partial charge >= 0.3 is 0 Å². The molecule has 0 atom stereocenters. The fourth-order valence-corrected chi connectivity index (χ4v) is 0.479. The lowest BCUT2D eigenvalue weighted by molar-refractivity contribution is -0.858. The van der Waals surface area contributed by atoms with Crippen LogP contribution in [0.5, 0.6) is 0 Å². The summed E-state index contributed by atoms with van der Waals surface area (Å²) >= 11 is 0. The van der Waals surface area contributed by atoms with Crippen LogP contribution in [0.2, 0.25) is 0 Å². The maximum Gasteiger partial charge on any atom is 0.0904 e. The maximum atomic E-state index is 3.74. The third-order valence-electron chi connectivity index (χ3n) is 0.927. The minimum absolute atomic E-state index is 1.07. The predicted octanol–water partition coefficient (Wildman–Crippen LogP) is -0.255. The SMILES string of the molecule is [CH2+]CCC[NH+](C)C. The molecular weight excluding hydrogens is 86.1 g/mol. The molecule has 42 valence electrons. The van der Waals surface area contributed by atoms with Crippen LogP contribution in [0.4, 0.5) is 0 Å². The fraction of sp³-hybridized carbons (Fsp3) is 0.833. The Morgan fingerprint density at radius 1 is 1.43 bits per heavy atom. The second-order valence-corrected chi connectivity index (χ2v) is 2.16. The molecule has 0 spiro atoms. The van der Waals surface area contributed by atoms with E-state index >= 15 is 0 Å². The number of hydrogen-bond donors (Lipinski definition) is 1. The van der Waals surface area contributed by atoms with Gasteiger partial charge in [0.1, 0.15) is 0 Å². The Hall–Kier alpha value is -0.170. The van der Waals surface area contributed by atoms with E-state index in [-0.39, 0.29) is 0 Å². The highest BCUT2D eigenvalue weighted by Gasteiger charge is 1.90. The summed E-state index contributed by atoms with van der Waals surface area (Å²) in [5, 5.41) is 0. The summed E-state index contributed by atoms with van der Waals surface area (Å²) in [6.45, 7) is 5.00. The highest BCUT2D eigenvalue weighted by atomic mass is 15.0. The van der Waals surface area contributed by atoms with Gasteiger partial charge in [-0.1, -0.05) is 0 Å². The van der Waals surface area contributed by atoms with Crippen molar-refractivity contribution in [3.63, 3.8) is 0 Å². The molecule has 0 unspecified atom stereocenters. The first-order valence-electron chi connectivity index (χ1n) is 2.85. The van der Waals surface area contributed by atoms with E-state index in [1.165, 1.54) is 17.9 Å².